The first-order valence-electron chi connectivity index (χ1n) is 4.04. The molecule has 0 fully saturated rings. The largest absolute Gasteiger partial charge is 0.181 e. The van der Waals surface area contributed by atoms with E-state index in [0.717, 1.165) is 11.3 Å². The SMILES string of the molecule is CC1C=Cc2ccccc2N=N1. The van der Waals surface area contributed by atoms with Gasteiger partial charge in [-0.25, -0.2) is 0 Å². The molecular formula is C10H10N2. The van der Waals surface area contributed by atoms with Crippen molar-refractivity contribution in [1.29, 1.82) is 0 Å². The molecule has 1 aromatic carbocycles. The summed E-state index contributed by atoms with van der Waals surface area (Å²) < 4.78 is 0. The molecule has 2 heteroatoms. The van der Waals surface area contributed by atoms with Crippen molar-refractivity contribution in [2.45, 2.75) is 13.0 Å². The molecule has 0 saturated carbocycles. The third-order valence-corrected chi connectivity index (χ3v) is 1.84. The quantitative estimate of drug-likeness (QED) is 0.554. The van der Waals surface area contributed by atoms with Crippen LogP contribution in [0.25, 0.3) is 6.08 Å². The Morgan fingerprint density at radius 2 is 2.08 bits per heavy atom. The molecule has 0 bridgehead atoms. The van der Waals surface area contributed by atoms with Crippen molar-refractivity contribution in [3.8, 4) is 0 Å². The van der Waals surface area contributed by atoms with E-state index >= 15 is 0 Å². The number of fused-ring (bicyclic) bond motifs is 1. The minimum Gasteiger partial charge on any atom is -0.181 e. The van der Waals surface area contributed by atoms with Crippen molar-refractivity contribution in [2.24, 2.45) is 10.2 Å². The van der Waals surface area contributed by atoms with Crippen molar-refractivity contribution in [3.63, 3.8) is 0 Å². The Hall–Kier alpha value is -1.44. The highest BCUT2D eigenvalue weighted by Crippen LogP contribution is 2.23. The molecule has 2 rings (SSSR count). The summed E-state index contributed by atoms with van der Waals surface area (Å²) in [6, 6.07) is 8.19. The van der Waals surface area contributed by atoms with Crippen LogP contribution in [0.1, 0.15) is 12.5 Å². The average Bonchev–Trinajstić information content (AvgIpc) is 2.29. The zero-order valence-corrected chi connectivity index (χ0v) is 6.94. The lowest BCUT2D eigenvalue weighted by Crippen LogP contribution is -1.86. The highest BCUT2D eigenvalue weighted by molar-refractivity contribution is 5.64. The molecule has 12 heavy (non-hydrogen) atoms. The van der Waals surface area contributed by atoms with Gasteiger partial charge in [0.25, 0.3) is 0 Å². The van der Waals surface area contributed by atoms with Gasteiger partial charge >= 0.3 is 0 Å². The molecule has 0 radical (unpaired) electrons. The predicted octanol–water partition coefficient (Wildman–Crippen LogP) is 3.19. The molecule has 1 aliphatic rings. The maximum atomic E-state index is 4.13. The highest BCUT2D eigenvalue weighted by atomic mass is 15.1. The van der Waals surface area contributed by atoms with Gasteiger partial charge in [0.15, 0.2) is 0 Å². The van der Waals surface area contributed by atoms with Crippen LogP contribution in [0.15, 0.2) is 40.6 Å². The molecule has 2 nitrogen and oxygen atoms in total. The Morgan fingerprint density at radius 1 is 1.25 bits per heavy atom. The van der Waals surface area contributed by atoms with Gasteiger partial charge in [0.2, 0.25) is 0 Å². The molecule has 0 saturated heterocycles. The molecule has 0 N–H and O–H groups in total. The predicted molar refractivity (Wildman–Crippen MR) is 49.5 cm³/mol. The van der Waals surface area contributed by atoms with Gasteiger partial charge in [-0.2, -0.15) is 10.2 Å². The molecule has 0 aliphatic carbocycles. The zero-order chi connectivity index (χ0) is 8.39. The first kappa shape index (κ1) is 7.22. The van der Waals surface area contributed by atoms with Crippen LogP contribution in [0.2, 0.25) is 0 Å². The maximum absolute atomic E-state index is 4.13. The van der Waals surface area contributed by atoms with Crippen molar-refractivity contribution in [1.82, 2.24) is 0 Å². The van der Waals surface area contributed by atoms with Gasteiger partial charge in [-0.15, -0.1) is 0 Å². The van der Waals surface area contributed by atoms with Crippen LogP contribution in [-0.4, -0.2) is 6.04 Å². The summed E-state index contributed by atoms with van der Waals surface area (Å²) >= 11 is 0. The van der Waals surface area contributed by atoms with Crippen LogP contribution in [-0.2, 0) is 0 Å². The van der Waals surface area contributed by atoms with Gasteiger partial charge in [0.05, 0.1) is 11.7 Å². The number of hydrogen-bond acceptors (Lipinski definition) is 2. The van der Waals surface area contributed by atoms with E-state index in [9.17, 15) is 0 Å². The van der Waals surface area contributed by atoms with Crippen LogP contribution in [0.5, 0.6) is 0 Å². The molecule has 1 atom stereocenters. The molecule has 0 spiro atoms. The van der Waals surface area contributed by atoms with Crippen molar-refractivity contribution < 1.29 is 0 Å². The Labute approximate surface area is 71.6 Å². The second kappa shape index (κ2) is 2.89. The molecule has 1 aliphatic heterocycles. The standard InChI is InChI=1S/C10H10N2/c1-8-6-7-9-4-2-3-5-10(9)12-11-8/h2-8H,1H3. The minimum atomic E-state index is 0.192. The number of nitrogens with zero attached hydrogens (tertiary/aromatic N) is 2. The van der Waals surface area contributed by atoms with Crippen molar-refractivity contribution in [3.05, 3.63) is 35.9 Å². The van der Waals surface area contributed by atoms with Crippen LogP contribution in [0.3, 0.4) is 0 Å². The van der Waals surface area contributed by atoms with Crippen molar-refractivity contribution >= 4 is 11.8 Å². The Kier molecular flexibility index (Phi) is 1.74. The minimum absolute atomic E-state index is 0.192. The lowest BCUT2D eigenvalue weighted by Gasteiger charge is -1.94. The summed E-state index contributed by atoms with van der Waals surface area (Å²) in [4.78, 5) is 0. The zero-order valence-electron chi connectivity index (χ0n) is 6.94. The summed E-state index contributed by atoms with van der Waals surface area (Å²) in [5, 5.41) is 8.23. The Bertz CT molecular complexity index is 306. The van der Waals surface area contributed by atoms with E-state index in [2.05, 4.69) is 22.4 Å². The topological polar surface area (TPSA) is 24.7 Å². The van der Waals surface area contributed by atoms with E-state index in [1.54, 1.807) is 0 Å². The van der Waals surface area contributed by atoms with Crippen LogP contribution >= 0.6 is 0 Å². The van der Waals surface area contributed by atoms with E-state index in [1.165, 1.54) is 0 Å². The van der Waals surface area contributed by atoms with Gasteiger partial charge in [0, 0.05) is 5.56 Å². The maximum Gasteiger partial charge on any atom is 0.0924 e. The number of rotatable bonds is 0. The van der Waals surface area contributed by atoms with E-state index in [4.69, 9.17) is 0 Å². The number of hydrogen-bond donors (Lipinski definition) is 0. The lowest BCUT2D eigenvalue weighted by atomic mass is 10.1. The van der Waals surface area contributed by atoms with E-state index < -0.39 is 0 Å². The fourth-order valence-corrected chi connectivity index (χ4v) is 1.15. The number of benzene rings is 1. The monoisotopic (exact) mass is 158 g/mol. The summed E-state index contributed by atoms with van der Waals surface area (Å²) in [5.41, 5.74) is 2.10. The van der Waals surface area contributed by atoms with Crippen LogP contribution in [0.4, 0.5) is 5.69 Å². The summed E-state index contributed by atoms with van der Waals surface area (Å²) in [6.07, 6.45) is 4.12. The second-order valence-electron chi connectivity index (χ2n) is 2.87. The lowest BCUT2D eigenvalue weighted by molar-refractivity contribution is 0.861. The van der Waals surface area contributed by atoms with Gasteiger partial charge in [-0.3, -0.25) is 0 Å². The Balaban J connectivity index is 2.52. The molecule has 60 valence electrons. The molecular weight excluding hydrogens is 148 g/mol. The molecule has 1 unspecified atom stereocenters. The van der Waals surface area contributed by atoms with Gasteiger partial charge in [-0.1, -0.05) is 30.4 Å². The second-order valence-corrected chi connectivity index (χ2v) is 2.87. The van der Waals surface area contributed by atoms with Crippen LogP contribution < -0.4 is 0 Å². The smallest absolute Gasteiger partial charge is 0.0924 e. The average molecular weight is 158 g/mol. The highest BCUT2D eigenvalue weighted by Gasteiger charge is 2.01. The molecule has 1 aromatic rings. The van der Waals surface area contributed by atoms with Gasteiger partial charge in [-0.05, 0) is 13.0 Å². The van der Waals surface area contributed by atoms with Gasteiger partial charge < -0.3 is 0 Å². The first-order valence-corrected chi connectivity index (χ1v) is 4.04. The summed E-state index contributed by atoms with van der Waals surface area (Å²) in [5.74, 6) is 0. The van der Waals surface area contributed by atoms with Gasteiger partial charge in [0.1, 0.15) is 0 Å². The van der Waals surface area contributed by atoms with Crippen molar-refractivity contribution in [2.75, 3.05) is 0 Å². The molecule has 0 aromatic heterocycles. The normalized spacial score (nSPS) is 20.2. The third-order valence-electron chi connectivity index (χ3n) is 1.84. The Morgan fingerprint density at radius 3 is 3.00 bits per heavy atom. The van der Waals surface area contributed by atoms with E-state index in [0.29, 0.717) is 0 Å². The molecule has 0 amide bonds. The fourth-order valence-electron chi connectivity index (χ4n) is 1.15. The summed E-state index contributed by atoms with van der Waals surface area (Å²) in [6.45, 7) is 2.02. The fraction of sp³-hybridized carbons (Fsp3) is 0.200. The van der Waals surface area contributed by atoms with E-state index in [1.807, 2.05) is 31.2 Å². The number of azo groups is 1. The summed E-state index contributed by atoms with van der Waals surface area (Å²) in [7, 11) is 0. The third kappa shape index (κ3) is 1.28. The first-order chi connectivity index (χ1) is 5.86. The molecule has 1 heterocycles. The van der Waals surface area contributed by atoms with Crippen LogP contribution in [0, 0.1) is 0 Å². The van der Waals surface area contributed by atoms with E-state index in [-0.39, 0.29) is 6.04 Å².